The molecule has 4 N–H and O–H groups in total. The molecule has 528 valence electrons. The summed E-state index contributed by atoms with van der Waals surface area (Å²) in [6, 6.07) is 0. The molecule has 18 heteroatoms. The molecule has 0 aliphatic rings. The van der Waals surface area contributed by atoms with Gasteiger partial charge in [-0.1, -0.05) is 230 Å². The number of ether oxygens (including phenoxy) is 3. The van der Waals surface area contributed by atoms with Crippen molar-refractivity contribution in [2.75, 3.05) is 39.6 Å². The van der Waals surface area contributed by atoms with E-state index in [1.165, 1.54) is 25.7 Å². The minimum absolute atomic E-state index is 0.0736. The summed E-state index contributed by atoms with van der Waals surface area (Å²) >= 11 is 0. The van der Waals surface area contributed by atoms with Crippen LogP contribution >= 0.6 is 15.6 Å². The summed E-state index contributed by atoms with van der Waals surface area (Å²) < 4.78 is 60.9. The van der Waals surface area contributed by atoms with Crippen LogP contribution in [-0.2, 0) is 55.8 Å². The molecule has 0 aromatic rings. The topological polar surface area (TPSA) is 231 Å². The molecule has 16 nitrogen and oxygen atoms in total. The molecule has 0 saturated carbocycles. The van der Waals surface area contributed by atoms with Gasteiger partial charge in [0.05, 0.1) is 26.4 Å². The third kappa shape index (κ3) is 68.4. The van der Waals surface area contributed by atoms with Crippen LogP contribution in [0.3, 0.4) is 0 Å². The number of hydrogen-bond donors (Lipinski definition) is 4. The third-order valence-electron chi connectivity index (χ3n) is 13.7. The first-order chi connectivity index (χ1) is 45.2. The summed E-state index contributed by atoms with van der Waals surface area (Å²) in [6.07, 6.45) is 81.5. The van der Waals surface area contributed by atoms with Crippen molar-refractivity contribution in [3.8, 4) is 0 Å². The molecule has 0 spiro atoms. The molecule has 5 atom stereocenters. The summed E-state index contributed by atoms with van der Waals surface area (Å²) in [4.78, 5) is 58.4. The summed E-state index contributed by atoms with van der Waals surface area (Å²) in [6.45, 7) is 2.29. The largest absolute Gasteiger partial charge is 0.472 e. The van der Waals surface area contributed by atoms with Crippen molar-refractivity contribution in [3.63, 3.8) is 0 Å². The number of hydrogen-bond acceptors (Lipinski definition) is 14. The van der Waals surface area contributed by atoms with E-state index in [1.54, 1.807) is 0 Å². The highest BCUT2D eigenvalue weighted by Crippen LogP contribution is 2.45. The predicted octanol–water partition coefficient (Wildman–Crippen LogP) is 19.5. The molecule has 0 rings (SSSR count). The van der Waals surface area contributed by atoms with Crippen molar-refractivity contribution in [1.82, 2.24) is 0 Å². The Bertz CT molecular complexity index is 2320. The van der Waals surface area contributed by atoms with Crippen LogP contribution in [0.2, 0.25) is 0 Å². The summed E-state index contributed by atoms with van der Waals surface area (Å²) in [5.74, 6) is -1.67. The quantitative estimate of drug-likeness (QED) is 0.0146. The molecular weight excluding hydrogens is 1220 g/mol. The Labute approximate surface area is 561 Å². The number of aliphatic hydroxyl groups is 2. The van der Waals surface area contributed by atoms with Gasteiger partial charge in [-0.05, 0) is 148 Å². The third-order valence-corrected chi connectivity index (χ3v) is 15.6. The first kappa shape index (κ1) is 88.2. The fourth-order valence-corrected chi connectivity index (χ4v) is 10.0. The molecular formula is C75H122O16P2. The average molecular weight is 1340 g/mol. The number of phosphoric acid groups is 2. The van der Waals surface area contributed by atoms with Crippen molar-refractivity contribution >= 4 is 33.6 Å². The molecule has 0 aromatic heterocycles. The summed E-state index contributed by atoms with van der Waals surface area (Å²) in [7, 11) is -9.82. The maximum atomic E-state index is 12.9. The maximum absolute atomic E-state index is 12.9. The number of allylic oxidation sites excluding steroid dienone is 26. The summed E-state index contributed by atoms with van der Waals surface area (Å²) in [5.41, 5.74) is 0. The predicted molar refractivity (Wildman–Crippen MR) is 380 cm³/mol. The van der Waals surface area contributed by atoms with Crippen LogP contribution in [0.25, 0.3) is 0 Å². The lowest BCUT2D eigenvalue weighted by molar-refractivity contribution is -0.161. The first-order valence-electron chi connectivity index (χ1n) is 34.8. The number of esters is 3. The van der Waals surface area contributed by atoms with Gasteiger partial charge in [0.25, 0.3) is 0 Å². The van der Waals surface area contributed by atoms with Crippen LogP contribution in [0.1, 0.15) is 239 Å². The van der Waals surface area contributed by atoms with Crippen molar-refractivity contribution in [2.45, 2.75) is 257 Å². The molecule has 93 heavy (non-hydrogen) atoms. The molecule has 5 unspecified atom stereocenters. The lowest BCUT2D eigenvalue weighted by Crippen LogP contribution is -2.30. The van der Waals surface area contributed by atoms with Gasteiger partial charge in [0.1, 0.15) is 25.4 Å². The zero-order chi connectivity index (χ0) is 68.1. The lowest BCUT2D eigenvalue weighted by atomic mass is 10.1. The van der Waals surface area contributed by atoms with Gasteiger partial charge in [-0.15, -0.1) is 0 Å². The van der Waals surface area contributed by atoms with Crippen LogP contribution in [0.4, 0.5) is 0 Å². The van der Waals surface area contributed by atoms with Crippen LogP contribution in [-0.4, -0.2) is 95.9 Å². The zero-order valence-electron chi connectivity index (χ0n) is 57.1. The van der Waals surface area contributed by atoms with E-state index in [0.717, 1.165) is 154 Å². The Morgan fingerprint density at radius 2 is 0.570 bits per heavy atom. The Kier molecular flexibility index (Phi) is 63.7. The molecule has 0 fully saturated rings. The molecule has 0 aliphatic carbocycles. The van der Waals surface area contributed by atoms with Crippen LogP contribution in [0, 0.1) is 0 Å². The monoisotopic (exact) mass is 1340 g/mol. The smallest absolute Gasteiger partial charge is 0.463 e. The Hall–Kier alpha value is -4.83. The second-order valence-electron chi connectivity index (χ2n) is 22.6. The van der Waals surface area contributed by atoms with E-state index in [-0.39, 0.29) is 19.3 Å². The molecule has 0 heterocycles. The molecule has 0 radical (unpaired) electrons. The minimum Gasteiger partial charge on any atom is -0.463 e. The highest BCUT2D eigenvalue weighted by molar-refractivity contribution is 7.47. The van der Waals surface area contributed by atoms with Crippen molar-refractivity contribution < 1.29 is 75.8 Å². The van der Waals surface area contributed by atoms with Gasteiger partial charge in [0, 0.05) is 19.3 Å². The molecule has 0 amide bonds. The van der Waals surface area contributed by atoms with Gasteiger partial charge < -0.3 is 34.2 Å². The van der Waals surface area contributed by atoms with Crippen molar-refractivity contribution in [3.05, 3.63) is 158 Å². The fraction of sp³-hybridized carbons (Fsp3) is 0.613. The SMILES string of the molecule is CC/C=C\C/C=C\C/C=C\C/C=C\C/C=C\C/C=C\CCCCC(=O)OCC(O)COP(=O)(O)OCC(O)COP(=O)(O)OCC(COC(=O)CCCCCCC/C=C\C/C=C\C/C=C\C/C=C\CCCCC)OC(=O)CCCCCCC/C=C\C/C=C\C/C=C\CC. The van der Waals surface area contributed by atoms with Gasteiger partial charge in [-0.3, -0.25) is 32.5 Å². The summed E-state index contributed by atoms with van der Waals surface area (Å²) in [5, 5.41) is 20.5. The average Bonchev–Trinajstić information content (AvgIpc) is 3.71. The van der Waals surface area contributed by atoms with Gasteiger partial charge in [-0.25, -0.2) is 9.13 Å². The van der Waals surface area contributed by atoms with E-state index < -0.39 is 91.5 Å². The standard InChI is InChI=1S/C75H122O16P2/c1-4-7-10-13-16-19-22-25-28-30-32-34-36-38-41-43-46-49-52-55-58-61-73(78)85-64-70(76)65-87-92(81,82)88-66-71(77)67-89-93(83,84)90-69-72(91-75(80)63-60-57-54-51-48-45-40-27-24-21-18-15-12-9-6-3)68-86-74(79)62-59-56-53-50-47-44-42-39-37-35-33-31-29-26-23-20-17-14-11-8-5-2/h7,9-10,12,16-21,25-29,32-35,38-42,46,49,70-72,76-77H,4-6,8,11,13-15,22-24,30-31,36-37,43-45,47-48,50-69H2,1-3H3,(H,81,82)(H,83,84)/b10-7-,12-9-,19-16-,20-17-,21-18-,28-25-,29-26-,34-32-,35-33-,40-27-,41-38-,42-39-,49-46-. The second-order valence-corrected chi connectivity index (χ2v) is 25.5. The number of rotatable bonds is 64. The molecule has 0 saturated heterocycles. The van der Waals surface area contributed by atoms with E-state index in [2.05, 4.69) is 179 Å². The van der Waals surface area contributed by atoms with Gasteiger partial charge in [0.15, 0.2) is 6.10 Å². The van der Waals surface area contributed by atoms with Crippen LogP contribution < -0.4 is 0 Å². The normalized spacial score (nSPS) is 15.1. The highest BCUT2D eigenvalue weighted by Gasteiger charge is 2.29. The number of unbranched alkanes of at least 4 members (excludes halogenated alkanes) is 15. The fourth-order valence-electron chi connectivity index (χ4n) is 8.45. The maximum Gasteiger partial charge on any atom is 0.472 e. The minimum atomic E-state index is -4.95. The first-order valence-corrected chi connectivity index (χ1v) is 37.8. The number of phosphoric ester groups is 2. The Balaban J connectivity index is 4.76. The number of carbonyl (C=O) groups is 3. The lowest BCUT2D eigenvalue weighted by Gasteiger charge is -2.21. The van der Waals surface area contributed by atoms with E-state index in [4.69, 9.17) is 32.3 Å². The Morgan fingerprint density at radius 3 is 0.925 bits per heavy atom. The van der Waals surface area contributed by atoms with Gasteiger partial charge in [0.2, 0.25) is 0 Å². The molecule has 0 aromatic carbocycles. The Morgan fingerprint density at radius 1 is 0.312 bits per heavy atom. The van der Waals surface area contributed by atoms with Gasteiger partial charge >= 0.3 is 33.6 Å². The van der Waals surface area contributed by atoms with E-state index in [1.807, 2.05) is 0 Å². The second kappa shape index (κ2) is 67.2. The van der Waals surface area contributed by atoms with Crippen LogP contribution in [0.5, 0.6) is 0 Å². The van der Waals surface area contributed by atoms with Crippen molar-refractivity contribution in [2.24, 2.45) is 0 Å². The van der Waals surface area contributed by atoms with E-state index >= 15 is 0 Å². The number of carbonyl (C=O) groups excluding carboxylic acids is 3. The van der Waals surface area contributed by atoms with E-state index in [9.17, 15) is 43.5 Å². The zero-order valence-corrected chi connectivity index (χ0v) is 58.9. The molecule has 0 bridgehead atoms. The van der Waals surface area contributed by atoms with Crippen molar-refractivity contribution in [1.29, 1.82) is 0 Å². The van der Waals surface area contributed by atoms with Gasteiger partial charge in [-0.2, -0.15) is 0 Å². The highest BCUT2D eigenvalue weighted by atomic mass is 31.2. The van der Waals surface area contributed by atoms with E-state index in [0.29, 0.717) is 19.3 Å². The number of aliphatic hydroxyl groups excluding tert-OH is 2. The molecule has 0 aliphatic heterocycles. The van der Waals surface area contributed by atoms with Crippen LogP contribution in [0.15, 0.2) is 158 Å².